The molecule has 0 atom stereocenters. The molecule has 0 aromatic heterocycles. The second-order valence-electron chi connectivity index (χ2n) is 13.0. The number of hydrogen-bond acceptors (Lipinski definition) is 1. The molecule has 0 spiro atoms. The summed E-state index contributed by atoms with van der Waals surface area (Å²) < 4.78 is 0. The van der Waals surface area contributed by atoms with Crippen molar-refractivity contribution in [1.29, 1.82) is 0 Å². The Kier molecular flexibility index (Phi) is 6.86. The predicted molar refractivity (Wildman–Crippen MR) is 139 cm³/mol. The van der Waals surface area contributed by atoms with Crippen LogP contribution in [0.4, 0.5) is 11.4 Å². The van der Waals surface area contributed by atoms with Crippen LogP contribution in [0.3, 0.4) is 0 Å². The third-order valence-corrected chi connectivity index (χ3v) is 5.76. The lowest BCUT2D eigenvalue weighted by Crippen LogP contribution is -2.17. The second-order valence-corrected chi connectivity index (χ2v) is 13.0. The molecule has 2 aromatic rings. The molecular formula is C29H44N2. The zero-order valence-corrected chi connectivity index (χ0v) is 22.0. The zero-order valence-electron chi connectivity index (χ0n) is 22.0. The van der Waals surface area contributed by atoms with Gasteiger partial charge in [-0.1, -0.05) is 95.2 Å². The third kappa shape index (κ3) is 6.95. The maximum atomic E-state index is 4.80. The molecule has 0 bridgehead atoms. The lowest BCUT2D eigenvalue weighted by molar-refractivity contribution is 0.568. The van der Waals surface area contributed by atoms with Crippen LogP contribution < -0.4 is 5.32 Å². The van der Waals surface area contributed by atoms with Crippen LogP contribution in [0.1, 0.15) is 105 Å². The molecule has 0 saturated carbocycles. The van der Waals surface area contributed by atoms with Gasteiger partial charge in [-0.05, 0) is 68.2 Å². The fraction of sp³-hybridized carbons (Fsp3) is 0.552. The van der Waals surface area contributed by atoms with E-state index >= 15 is 0 Å². The van der Waals surface area contributed by atoms with E-state index in [1.54, 1.807) is 0 Å². The van der Waals surface area contributed by atoms with Gasteiger partial charge in [0.05, 0.1) is 12.0 Å². The van der Waals surface area contributed by atoms with Crippen LogP contribution in [0, 0.1) is 0 Å². The minimum atomic E-state index is 0.0849. The summed E-state index contributed by atoms with van der Waals surface area (Å²) in [6, 6.07) is 13.6. The molecule has 0 radical (unpaired) electrons. The van der Waals surface area contributed by atoms with Gasteiger partial charge < -0.3 is 5.32 Å². The fourth-order valence-electron chi connectivity index (χ4n) is 3.31. The molecule has 0 aliphatic heterocycles. The highest BCUT2D eigenvalue weighted by Crippen LogP contribution is 2.34. The summed E-state index contributed by atoms with van der Waals surface area (Å²) in [5.74, 6) is 0. The Morgan fingerprint density at radius 3 is 1.16 bits per heavy atom. The molecule has 170 valence electrons. The number of anilines is 1. The molecule has 31 heavy (non-hydrogen) atoms. The largest absolute Gasteiger partial charge is 0.346 e. The molecule has 1 N–H and O–H groups in total. The van der Waals surface area contributed by atoms with Crippen molar-refractivity contribution in [2.75, 3.05) is 5.32 Å². The number of benzene rings is 2. The van der Waals surface area contributed by atoms with Gasteiger partial charge in [-0.2, -0.15) is 0 Å². The van der Waals surface area contributed by atoms with Crippen molar-refractivity contribution >= 4 is 17.7 Å². The van der Waals surface area contributed by atoms with Gasteiger partial charge in [0.15, 0.2) is 0 Å². The van der Waals surface area contributed by atoms with Gasteiger partial charge in [-0.25, -0.2) is 4.99 Å². The van der Waals surface area contributed by atoms with Gasteiger partial charge in [0.2, 0.25) is 0 Å². The summed E-state index contributed by atoms with van der Waals surface area (Å²) in [4.78, 5) is 4.80. The highest BCUT2D eigenvalue weighted by atomic mass is 14.9. The van der Waals surface area contributed by atoms with E-state index in [1.807, 2.05) is 6.34 Å². The number of hydrogen-bond donors (Lipinski definition) is 1. The van der Waals surface area contributed by atoms with E-state index < -0.39 is 0 Å². The average Bonchev–Trinajstić information content (AvgIpc) is 2.58. The Labute approximate surface area is 191 Å². The van der Waals surface area contributed by atoms with Crippen LogP contribution >= 0.6 is 0 Å². The number of aliphatic imine (C=N–C) groups is 1. The van der Waals surface area contributed by atoms with E-state index in [2.05, 4.69) is 125 Å². The molecule has 2 heteroatoms. The Morgan fingerprint density at radius 1 is 0.516 bits per heavy atom. The molecule has 0 aliphatic rings. The van der Waals surface area contributed by atoms with Gasteiger partial charge >= 0.3 is 0 Å². The van der Waals surface area contributed by atoms with Gasteiger partial charge in [0.25, 0.3) is 0 Å². The summed E-state index contributed by atoms with van der Waals surface area (Å²) in [5, 5.41) is 3.44. The van der Waals surface area contributed by atoms with Crippen LogP contribution in [-0.2, 0) is 21.7 Å². The van der Waals surface area contributed by atoms with E-state index in [1.165, 1.54) is 22.3 Å². The first-order chi connectivity index (χ1) is 13.9. The second kappa shape index (κ2) is 8.45. The summed E-state index contributed by atoms with van der Waals surface area (Å²) >= 11 is 0. The van der Waals surface area contributed by atoms with Crippen LogP contribution in [0.5, 0.6) is 0 Å². The predicted octanol–water partition coefficient (Wildman–Crippen LogP) is 8.65. The monoisotopic (exact) mass is 420 g/mol. The molecule has 0 saturated heterocycles. The lowest BCUT2D eigenvalue weighted by Gasteiger charge is -2.26. The normalized spacial score (nSPS) is 13.7. The molecule has 0 amide bonds. The molecule has 0 unspecified atom stereocenters. The van der Waals surface area contributed by atoms with Crippen molar-refractivity contribution in [2.24, 2.45) is 4.99 Å². The summed E-state index contributed by atoms with van der Waals surface area (Å²) in [7, 11) is 0. The number of rotatable bonds is 3. The van der Waals surface area contributed by atoms with Crippen LogP contribution in [0.15, 0.2) is 41.4 Å². The van der Waals surface area contributed by atoms with Crippen LogP contribution in [0.2, 0.25) is 0 Å². The first-order valence-corrected chi connectivity index (χ1v) is 11.5. The SMILES string of the molecule is CC(C)(C)c1cc(N=CNc2cc(C(C)(C)C)cc(C(C)(C)C)c2)cc(C(C)(C)C)c1. The molecule has 2 aromatic carbocycles. The standard InChI is InChI=1S/C29H44N2/c1-26(2,3)20-13-21(27(4,5)6)16-24(15-20)30-19-31-25-17-22(28(7,8)9)14-23(18-25)29(10,11)12/h13-19H,1-12H3,(H,30,31). The highest BCUT2D eigenvalue weighted by Gasteiger charge is 2.21. The zero-order chi connectivity index (χ0) is 23.8. The van der Waals surface area contributed by atoms with Gasteiger partial charge in [0, 0.05) is 5.69 Å². The van der Waals surface area contributed by atoms with E-state index in [9.17, 15) is 0 Å². The quantitative estimate of drug-likeness (QED) is 0.390. The highest BCUT2D eigenvalue weighted by molar-refractivity contribution is 5.78. The van der Waals surface area contributed by atoms with Crippen molar-refractivity contribution in [1.82, 2.24) is 0 Å². The Morgan fingerprint density at radius 2 is 0.839 bits per heavy atom. The van der Waals surface area contributed by atoms with Crippen molar-refractivity contribution in [2.45, 2.75) is 105 Å². The number of nitrogens with zero attached hydrogens (tertiary/aromatic N) is 1. The third-order valence-electron chi connectivity index (χ3n) is 5.76. The summed E-state index contributed by atoms with van der Waals surface area (Å²) in [6.07, 6.45) is 1.84. The summed E-state index contributed by atoms with van der Waals surface area (Å²) in [6.45, 7) is 27.1. The van der Waals surface area contributed by atoms with Crippen molar-refractivity contribution in [3.8, 4) is 0 Å². The minimum Gasteiger partial charge on any atom is -0.346 e. The molecular weight excluding hydrogens is 376 g/mol. The average molecular weight is 421 g/mol. The van der Waals surface area contributed by atoms with Gasteiger partial charge in [0.1, 0.15) is 0 Å². The summed E-state index contributed by atoms with van der Waals surface area (Å²) in [5.41, 5.74) is 7.74. The topological polar surface area (TPSA) is 24.4 Å². The van der Waals surface area contributed by atoms with Gasteiger partial charge in [-0.3, -0.25) is 0 Å². The van der Waals surface area contributed by atoms with Crippen LogP contribution in [0.25, 0.3) is 0 Å². The molecule has 2 nitrogen and oxygen atoms in total. The van der Waals surface area contributed by atoms with E-state index in [0.29, 0.717) is 0 Å². The van der Waals surface area contributed by atoms with E-state index in [4.69, 9.17) is 4.99 Å². The molecule has 2 rings (SSSR count). The van der Waals surface area contributed by atoms with E-state index in [-0.39, 0.29) is 21.7 Å². The first-order valence-electron chi connectivity index (χ1n) is 11.5. The van der Waals surface area contributed by atoms with Crippen molar-refractivity contribution in [3.05, 3.63) is 58.7 Å². The number of nitrogens with one attached hydrogen (secondary N) is 1. The van der Waals surface area contributed by atoms with Crippen molar-refractivity contribution in [3.63, 3.8) is 0 Å². The van der Waals surface area contributed by atoms with E-state index in [0.717, 1.165) is 11.4 Å². The fourth-order valence-corrected chi connectivity index (χ4v) is 3.31. The van der Waals surface area contributed by atoms with Crippen LogP contribution in [-0.4, -0.2) is 6.34 Å². The maximum absolute atomic E-state index is 4.80. The first kappa shape index (κ1) is 25.2. The lowest BCUT2D eigenvalue weighted by atomic mass is 9.80. The Bertz CT molecular complexity index is 872. The smallest absolute Gasteiger partial charge is 0.0930 e. The molecule has 0 fully saturated rings. The maximum Gasteiger partial charge on any atom is 0.0930 e. The molecule has 0 aliphatic carbocycles. The Hall–Kier alpha value is -2.09. The molecule has 0 heterocycles. The minimum absolute atomic E-state index is 0.0849. The van der Waals surface area contributed by atoms with Gasteiger partial charge in [-0.15, -0.1) is 0 Å². The van der Waals surface area contributed by atoms with Crippen molar-refractivity contribution < 1.29 is 0 Å². The Balaban J connectivity index is 2.42.